The standard InChI is InChI=1S/C12H20N4O/c1-3-4-11(12(17)15-13)16(2)9-10-5-7-14-8-6-10/h5-8,11H,3-4,9,13H2,1-2H3,(H,15,17). The maximum absolute atomic E-state index is 11.6. The van der Waals surface area contributed by atoms with Gasteiger partial charge in [0.2, 0.25) is 0 Å². The topological polar surface area (TPSA) is 71.2 Å². The van der Waals surface area contributed by atoms with Crippen molar-refractivity contribution in [1.29, 1.82) is 0 Å². The second kappa shape index (κ2) is 6.98. The SMILES string of the molecule is CCCC(C(=O)NN)N(C)Cc1ccncc1. The molecule has 5 nitrogen and oxygen atoms in total. The summed E-state index contributed by atoms with van der Waals surface area (Å²) in [6.45, 7) is 2.76. The van der Waals surface area contributed by atoms with E-state index in [0.717, 1.165) is 18.4 Å². The van der Waals surface area contributed by atoms with E-state index in [4.69, 9.17) is 5.84 Å². The lowest BCUT2D eigenvalue weighted by Gasteiger charge is -2.26. The zero-order valence-electron chi connectivity index (χ0n) is 10.4. The van der Waals surface area contributed by atoms with Crippen LogP contribution in [0.15, 0.2) is 24.5 Å². The zero-order chi connectivity index (χ0) is 12.7. The molecule has 0 aliphatic carbocycles. The van der Waals surface area contributed by atoms with Gasteiger partial charge in [0.1, 0.15) is 0 Å². The number of carbonyl (C=O) groups excluding carboxylic acids is 1. The second-order valence-corrected chi connectivity index (χ2v) is 4.08. The highest BCUT2D eigenvalue weighted by Crippen LogP contribution is 2.09. The Morgan fingerprint density at radius 1 is 1.53 bits per heavy atom. The molecule has 1 aromatic heterocycles. The van der Waals surface area contributed by atoms with Crippen molar-refractivity contribution in [3.63, 3.8) is 0 Å². The van der Waals surface area contributed by atoms with Crippen LogP contribution in [-0.2, 0) is 11.3 Å². The largest absolute Gasteiger partial charge is 0.293 e. The van der Waals surface area contributed by atoms with E-state index in [1.54, 1.807) is 12.4 Å². The van der Waals surface area contributed by atoms with Crippen molar-refractivity contribution in [2.75, 3.05) is 7.05 Å². The van der Waals surface area contributed by atoms with E-state index in [1.165, 1.54) is 0 Å². The molecule has 0 aliphatic rings. The fourth-order valence-corrected chi connectivity index (χ4v) is 1.81. The van der Waals surface area contributed by atoms with Gasteiger partial charge in [-0.1, -0.05) is 13.3 Å². The van der Waals surface area contributed by atoms with Gasteiger partial charge in [-0.2, -0.15) is 0 Å². The Kier molecular flexibility index (Phi) is 5.59. The Hall–Kier alpha value is -1.46. The summed E-state index contributed by atoms with van der Waals surface area (Å²) in [7, 11) is 1.93. The first-order chi connectivity index (χ1) is 8.19. The molecule has 1 aromatic rings. The number of carbonyl (C=O) groups is 1. The monoisotopic (exact) mass is 236 g/mol. The Bertz CT molecular complexity index is 342. The summed E-state index contributed by atoms with van der Waals surface area (Å²) < 4.78 is 0. The van der Waals surface area contributed by atoms with Crippen LogP contribution in [0.5, 0.6) is 0 Å². The lowest BCUT2D eigenvalue weighted by atomic mass is 10.1. The molecule has 0 aliphatic heterocycles. The van der Waals surface area contributed by atoms with Crippen LogP contribution in [0.4, 0.5) is 0 Å². The highest BCUT2D eigenvalue weighted by atomic mass is 16.2. The number of hydrazine groups is 1. The first-order valence-electron chi connectivity index (χ1n) is 5.78. The van der Waals surface area contributed by atoms with Gasteiger partial charge in [0.15, 0.2) is 0 Å². The molecule has 1 atom stereocenters. The third-order valence-electron chi connectivity index (χ3n) is 2.72. The number of pyridine rings is 1. The van der Waals surface area contributed by atoms with Crippen LogP contribution < -0.4 is 11.3 Å². The number of aromatic nitrogens is 1. The number of nitrogens with two attached hydrogens (primary N) is 1. The van der Waals surface area contributed by atoms with Crippen LogP contribution in [0, 0.1) is 0 Å². The predicted octanol–water partition coefficient (Wildman–Crippen LogP) is 0.672. The molecule has 0 saturated heterocycles. The molecule has 17 heavy (non-hydrogen) atoms. The second-order valence-electron chi connectivity index (χ2n) is 4.08. The third kappa shape index (κ3) is 4.13. The average Bonchev–Trinajstić information content (AvgIpc) is 2.36. The van der Waals surface area contributed by atoms with Gasteiger partial charge < -0.3 is 0 Å². The van der Waals surface area contributed by atoms with Gasteiger partial charge in [-0.3, -0.25) is 20.1 Å². The van der Waals surface area contributed by atoms with Crippen molar-refractivity contribution in [3.8, 4) is 0 Å². The molecular weight excluding hydrogens is 216 g/mol. The van der Waals surface area contributed by atoms with Crippen molar-refractivity contribution in [1.82, 2.24) is 15.3 Å². The fourth-order valence-electron chi connectivity index (χ4n) is 1.81. The lowest BCUT2D eigenvalue weighted by Crippen LogP contribution is -2.47. The molecule has 0 bridgehead atoms. The van der Waals surface area contributed by atoms with Gasteiger partial charge in [-0.25, -0.2) is 5.84 Å². The van der Waals surface area contributed by atoms with E-state index in [2.05, 4.69) is 17.3 Å². The van der Waals surface area contributed by atoms with Crippen molar-refractivity contribution < 1.29 is 4.79 Å². The summed E-state index contributed by atoms with van der Waals surface area (Å²) in [4.78, 5) is 17.6. The first-order valence-corrected chi connectivity index (χ1v) is 5.78. The molecule has 5 heteroatoms. The molecule has 0 radical (unpaired) electrons. The van der Waals surface area contributed by atoms with Gasteiger partial charge in [-0.05, 0) is 31.2 Å². The summed E-state index contributed by atoms with van der Waals surface area (Å²) in [5.74, 6) is 5.06. The molecule has 94 valence electrons. The van der Waals surface area contributed by atoms with Gasteiger partial charge >= 0.3 is 0 Å². The summed E-state index contributed by atoms with van der Waals surface area (Å²) in [6, 6.07) is 3.71. The van der Waals surface area contributed by atoms with Crippen molar-refractivity contribution in [2.24, 2.45) is 5.84 Å². The maximum Gasteiger partial charge on any atom is 0.251 e. The van der Waals surface area contributed by atoms with Crippen LogP contribution in [0.25, 0.3) is 0 Å². The Morgan fingerprint density at radius 3 is 2.71 bits per heavy atom. The minimum Gasteiger partial charge on any atom is -0.293 e. The zero-order valence-corrected chi connectivity index (χ0v) is 10.4. The molecule has 3 N–H and O–H groups in total. The van der Waals surface area contributed by atoms with Gasteiger partial charge in [0.25, 0.3) is 5.91 Å². The number of nitrogens with zero attached hydrogens (tertiary/aromatic N) is 2. The van der Waals surface area contributed by atoms with Crippen molar-refractivity contribution in [3.05, 3.63) is 30.1 Å². The van der Waals surface area contributed by atoms with Gasteiger partial charge in [0, 0.05) is 18.9 Å². The van der Waals surface area contributed by atoms with E-state index in [1.807, 2.05) is 24.1 Å². The molecule has 0 spiro atoms. The van der Waals surface area contributed by atoms with Crippen LogP contribution in [-0.4, -0.2) is 28.9 Å². The normalized spacial score (nSPS) is 12.5. The number of likely N-dealkylation sites (N-methyl/N-ethyl adjacent to an activating group) is 1. The number of nitrogens with one attached hydrogen (secondary N) is 1. The van der Waals surface area contributed by atoms with Gasteiger partial charge in [-0.15, -0.1) is 0 Å². The third-order valence-corrected chi connectivity index (χ3v) is 2.72. The smallest absolute Gasteiger partial charge is 0.251 e. The van der Waals surface area contributed by atoms with Crippen LogP contribution in [0.2, 0.25) is 0 Å². The molecule has 1 unspecified atom stereocenters. The number of amides is 1. The van der Waals surface area contributed by atoms with Crippen molar-refractivity contribution in [2.45, 2.75) is 32.4 Å². The number of hydrogen-bond donors (Lipinski definition) is 2. The number of hydrogen-bond acceptors (Lipinski definition) is 4. The minimum absolute atomic E-state index is 0.136. The average molecular weight is 236 g/mol. The molecule has 1 heterocycles. The van der Waals surface area contributed by atoms with E-state index >= 15 is 0 Å². The molecule has 0 saturated carbocycles. The predicted molar refractivity (Wildman–Crippen MR) is 66.7 cm³/mol. The Labute approximate surface area is 102 Å². The van der Waals surface area contributed by atoms with E-state index in [9.17, 15) is 4.79 Å². The molecule has 1 amide bonds. The summed E-state index contributed by atoms with van der Waals surface area (Å²) in [5, 5.41) is 0. The highest BCUT2D eigenvalue weighted by molar-refractivity contribution is 5.81. The first kappa shape index (κ1) is 13.6. The van der Waals surface area contributed by atoms with Gasteiger partial charge in [0.05, 0.1) is 6.04 Å². The molecule has 0 fully saturated rings. The molecule has 0 aromatic carbocycles. The highest BCUT2D eigenvalue weighted by Gasteiger charge is 2.21. The molecule has 1 rings (SSSR count). The van der Waals surface area contributed by atoms with Crippen LogP contribution in [0.3, 0.4) is 0 Å². The van der Waals surface area contributed by atoms with E-state index in [-0.39, 0.29) is 11.9 Å². The fraction of sp³-hybridized carbons (Fsp3) is 0.500. The van der Waals surface area contributed by atoms with Crippen molar-refractivity contribution >= 4 is 5.91 Å². The lowest BCUT2D eigenvalue weighted by molar-refractivity contribution is -0.126. The summed E-state index contributed by atoms with van der Waals surface area (Å²) in [6.07, 6.45) is 5.24. The Morgan fingerprint density at radius 2 is 2.18 bits per heavy atom. The summed E-state index contributed by atoms with van der Waals surface area (Å²) in [5.41, 5.74) is 3.36. The number of rotatable bonds is 6. The summed E-state index contributed by atoms with van der Waals surface area (Å²) >= 11 is 0. The Balaban J connectivity index is 2.65. The van der Waals surface area contributed by atoms with Crippen LogP contribution in [0.1, 0.15) is 25.3 Å². The molecular formula is C12H20N4O. The minimum atomic E-state index is -0.182. The van der Waals surface area contributed by atoms with E-state index in [0.29, 0.717) is 6.54 Å². The maximum atomic E-state index is 11.6. The van der Waals surface area contributed by atoms with E-state index < -0.39 is 0 Å². The quantitative estimate of drug-likeness (QED) is 0.433. The van der Waals surface area contributed by atoms with Crippen LogP contribution >= 0.6 is 0 Å².